The summed E-state index contributed by atoms with van der Waals surface area (Å²) in [4.78, 5) is 28.9. The molecular formula is C26H28FN3O2S. The van der Waals surface area contributed by atoms with E-state index in [9.17, 15) is 14.0 Å². The molecule has 1 aliphatic rings. The van der Waals surface area contributed by atoms with Gasteiger partial charge >= 0.3 is 0 Å². The van der Waals surface area contributed by atoms with Crippen LogP contribution in [-0.4, -0.2) is 24.9 Å². The molecule has 2 amide bonds. The predicted octanol–water partition coefficient (Wildman–Crippen LogP) is 5.23. The second-order valence-corrected chi connectivity index (χ2v) is 9.55. The Hall–Kier alpha value is -3.19. The van der Waals surface area contributed by atoms with Gasteiger partial charge in [0.1, 0.15) is 5.82 Å². The van der Waals surface area contributed by atoms with Crippen molar-refractivity contribution in [1.29, 1.82) is 0 Å². The first-order chi connectivity index (χ1) is 16.0. The molecule has 4 rings (SSSR count). The van der Waals surface area contributed by atoms with Gasteiger partial charge in [-0.05, 0) is 66.1 Å². The largest absolute Gasteiger partial charge is 0.371 e. The molecule has 172 valence electrons. The number of anilines is 2. The topological polar surface area (TPSA) is 61.4 Å². The van der Waals surface area contributed by atoms with E-state index in [2.05, 4.69) is 22.5 Å². The van der Waals surface area contributed by atoms with Gasteiger partial charge < -0.3 is 15.5 Å². The Bertz CT molecular complexity index is 1090. The Morgan fingerprint density at radius 2 is 1.85 bits per heavy atom. The molecule has 7 heteroatoms. The van der Waals surface area contributed by atoms with Gasteiger partial charge in [-0.25, -0.2) is 4.39 Å². The molecule has 1 aliphatic heterocycles. The van der Waals surface area contributed by atoms with Crippen LogP contribution in [0, 0.1) is 11.7 Å². The molecule has 3 aromatic rings. The van der Waals surface area contributed by atoms with Crippen LogP contribution in [0.4, 0.5) is 15.8 Å². The SMILES string of the molecule is CC1CCN(c2ccc(NC(=O)Cc3cccs3)cc2C(=O)NCc2ccc(F)cc2)CC1. The van der Waals surface area contributed by atoms with Gasteiger partial charge in [0.25, 0.3) is 5.91 Å². The lowest BCUT2D eigenvalue weighted by molar-refractivity contribution is -0.115. The fraction of sp³-hybridized carbons (Fsp3) is 0.308. The van der Waals surface area contributed by atoms with Crippen molar-refractivity contribution >= 4 is 34.5 Å². The third-order valence-electron chi connectivity index (χ3n) is 5.93. The lowest BCUT2D eigenvalue weighted by Gasteiger charge is -2.33. The van der Waals surface area contributed by atoms with E-state index in [1.165, 1.54) is 12.1 Å². The quantitative estimate of drug-likeness (QED) is 0.502. The molecule has 2 aromatic carbocycles. The van der Waals surface area contributed by atoms with Crippen molar-refractivity contribution in [2.45, 2.75) is 32.7 Å². The molecule has 2 heterocycles. The smallest absolute Gasteiger partial charge is 0.253 e. The number of nitrogens with one attached hydrogen (secondary N) is 2. The maximum Gasteiger partial charge on any atom is 0.253 e. The Balaban J connectivity index is 1.52. The summed E-state index contributed by atoms with van der Waals surface area (Å²) in [5.41, 5.74) is 2.81. The van der Waals surface area contributed by atoms with E-state index in [0.29, 0.717) is 30.1 Å². The number of hydrogen-bond donors (Lipinski definition) is 2. The first-order valence-corrected chi connectivity index (χ1v) is 12.1. The number of benzene rings is 2. The molecule has 0 saturated carbocycles. The standard InChI is InChI=1S/C26H28FN3O2S/c1-18-10-12-30(13-11-18)24-9-8-21(29-25(31)16-22-3-2-14-33-22)15-23(24)26(32)28-17-19-4-6-20(27)7-5-19/h2-9,14-15,18H,10-13,16-17H2,1H3,(H,28,32)(H,29,31). The van der Waals surface area contributed by atoms with E-state index in [-0.39, 0.29) is 17.6 Å². The number of piperidine rings is 1. The van der Waals surface area contributed by atoms with Gasteiger partial charge in [0.15, 0.2) is 0 Å². The number of carbonyl (C=O) groups excluding carboxylic acids is 2. The molecule has 0 bridgehead atoms. The fourth-order valence-electron chi connectivity index (χ4n) is 3.98. The predicted molar refractivity (Wildman–Crippen MR) is 131 cm³/mol. The highest BCUT2D eigenvalue weighted by atomic mass is 32.1. The second-order valence-electron chi connectivity index (χ2n) is 8.51. The minimum atomic E-state index is -0.308. The van der Waals surface area contributed by atoms with E-state index in [4.69, 9.17) is 0 Å². The van der Waals surface area contributed by atoms with E-state index in [1.807, 2.05) is 29.6 Å². The van der Waals surface area contributed by atoms with Crippen LogP contribution in [0.15, 0.2) is 60.0 Å². The monoisotopic (exact) mass is 465 g/mol. The molecule has 1 aromatic heterocycles. The number of thiophene rings is 1. The highest BCUT2D eigenvalue weighted by Gasteiger charge is 2.22. The molecule has 5 nitrogen and oxygen atoms in total. The van der Waals surface area contributed by atoms with Gasteiger partial charge in [-0.2, -0.15) is 0 Å². The summed E-state index contributed by atoms with van der Waals surface area (Å²) in [7, 11) is 0. The van der Waals surface area contributed by atoms with Crippen molar-refractivity contribution < 1.29 is 14.0 Å². The van der Waals surface area contributed by atoms with Crippen molar-refractivity contribution in [3.63, 3.8) is 0 Å². The summed E-state index contributed by atoms with van der Waals surface area (Å²) in [6.07, 6.45) is 2.46. The van der Waals surface area contributed by atoms with Crippen molar-refractivity contribution in [3.8, 4) is 0 Å². The van der Waals surface area contributed by atoms with Crippen molar-refractivity contribution in [3.05, 3.63) is 81.8 Å². The summed E-state index contributed by atoms with van der Waals surface area (Å²) in [6, 6.07) is 15.5. The van der Waals surface area contributed by atoms with Crippen LogP contribution < -0.4 is 15.5 Å². The Morgan fingerprint density at radius 1 is 1.09 bits per heavy atom. The van der Waals surface area contributed by atoms with Crippen molar-refractivity contribution in [2.24, 2.45) is 5.92 Å². The maximum absolute atomic E-state index is 13.2. The van der Waals surface area contributed by atoms with Gasteiger partial charge in [0, 0.05) is 35.9 Å². The van der Waals surface area contributed by atoms with Gasteiger partial charge in [0.05, 0.1) is 12.0 Å². The average Bonchev–Trinajstić information content (AvgIpc) is 3.32. The second kappa shape index (κ2) is 10.6. The number of halogens is 1. The maximum atomic E-state index is 13.2. The summed E-state index contributed by atoms with van der Waals surface area (Å²) < 4.78 is 13.2. The highest BCUT2D eigenvalue weighted by Crippen LogP contribution is 2.29. The lowest BCUT2D eigenvalue weighted by Crippen LogP contribution is -2.35. The molecule has 2 N–H and O–H groups in total. The summed E-state index contributed by atoms with van der Waals surface area (Å²) in [5, 5.41) is 7.81. The molecule has 1 saturated heterocycles. The van der Waals surface area contributed by atoms with Gasteiger partial charge in [0.2, 0.25) is 5.91 Å². The van der Waals surface area contributed by atoms with Gasteiger partial charge in [-0.3, -0.25) is 9.59 Å². The average molecular weight is 466 g/mol. The van der Waals surface area contributed by atoms with E-state index in [1.54, 1.807) is 29.5 Å². The fourth-order valence-corrected chi connectivity index (χ4v) is 4.68. The molecule has 1 fully saturated rings. The van der Waals surface area contributed by atoms with Crippen LogP contribution in [0.25, 0.3) is 0 Å². The zero-order valence-corrected chi connectivity index (χ0v) is 19.5. The number of carbonyl (C=O) groups is 2. The third-order valence-corrected chi connectivity index (χ3v) is 6.81. The Kier molecular flexibility index (Phi) is 7.40. The highest BCUT2D eigenvalue weighted by molar-refractivity contribution is 7.10. The van der Waals surface area contributed by atoms with Gasteiger partial charge in [-0.15, -0.1) is 11.3 Å². The lowest BCUT2D eigenvalue weighted by atomic mass is 9.97. The Labute approximate surface area is 197 Å². The van der Waals surface area contributed by atoms with Crippen molar-refractivity contribution in [2.75, 3.05) is 23.3 Å². The molecule has 0 spiro atoms. The first-order valence-electron chi connectivity index (χ1n) is 11.2. The third kappa shape index (κ3) is 6.20. The van der Waals surface area contributed by atoms with E-state index >= 15 is 0 Å². The molecule has 33 heavy (non-hydrogen) atoms. The summed E-state index contributed by atoms with van der Waals surface area (Å²) in [5.74, 6) is 0.0301. The first kappa shape index (κ1) is 23.0. The van der Waals surface area contributed by atoms with Crippen molar-refractivity contribution in [1.82, 2.24) is 5.32 Å². The number of rotatable bonds is 7. The van der Waals surface area contributed by atoms with E-state index < -0.39 is 0 Å². The van der Waals surface area contributed by atoms with E-state index in [0.717, 1.165) is 42.1 Å². The normalized spacial score (nSPS) is 14.2. The van der Waals surface area contributed by atoms with Crippen LogP contribution in [0.5, 0.6) is 0 Å². The minimum absolute atomic E-state index is 0.116. The molecular weight excluding hydrogens is 437 g/mol. The van der Waals surface area contributed by atoms with Crippen LogP contribution in [-0.2, 0) is 17.8 Å². The molecule has 0 aliphatic carbocycles. The van der Waals surface area contributed by atoms with Crippen LogP contribution in [0.2, 0.25) is 0 Å². The summed E-state index contributed by atoms with van der Waals surface area (Å²) in [6.45, 7) is 4.33. The molecule has 0 atom stereocenters. The number of hydrogen-bond acceptors (Lipinski definition) is 4. The number of nitrogens with zero attached hydrogens (tertiary/aromatic N) is 1. The summed E-state index contributed by atoms with van der Waals surface area (Å²) >= 11 is 1.54. The van der Waals surface area contributed by atoms with Gasteiger partial charge in [-0.1, -0.05) is 25.1 Å². The molecule has 0 unspecified atom stereocenters. The zero-order valence-electron chi connectivity index (χ0n) is 18.6. The Morgan fingerprint density at radius 3 is 2.55 bits per heavy atom. The molecule has 0 radical (unpaired) electrons. The van der Waals surface area contributed by atoms with Crippen LogP contribution in [0.3, 0.4) is 0 Å². The van der Waals surface area contributed by atoms with Crippen LogP contribution >= 0.6 is 11.3 Å². The number of amides is 2. The van der Waals surface area contributed by atoms with Crippen LogP contribution in [0.1, 0.15) is 40.6 Å². The zero-order chi connectivity index (χ0) is 23.2. The minimum Gasteiger partial charge on any atom is -0.371 e.